The molecule has 1 aromatic carbocycles. The minimum atomic E-state index is 0.457. The summed E-state index contributed by atoms with van der Waals surface area (Å²) in [6.45, 7) is 0.840. The van der Waals surface area contributed by atoms with E-state index in [-0.39, 0.29) is 0 Å². The van der Waals surface area contributed by atoms with Gasteiger partial charge in [-0.2, -0.15) is 0 Å². The third-order valence-corrected chi connectivity index (χ3v) is 3.27. The van der Waals surface area contributed by atoms with E-state index in [9.17, 15) is 0 Å². The lowest BCUT2D eigenvalue weighted by Crippen LogP contribution is -2.05. The van der Waals surface area contributed by atoms with Gasteiger partial charge >= 0.3 is 0 Å². The van der Waals surface area contributed by atoms with Gasteiger partial charge < -0.3 is 5.32 Å². The second kappa shape index (κ2) is 6.47. The Morgan fingerprint density at radius 3 is 2.76 bits per heavy atom. The Morgan fingerprint density at radius 1 is 1.18 bits per heavy atom. The summed E-state index contributed by atoms with van der Waals surface area (Å²) in [4.78, 5) is 9.17. The van der Waals surface area contributed by atoms with E-state index in [1.807, 2.05) is 18.2 Å². The number of halogens is 1. The second-order valence-corrected chi connectivity index (χ2v) is 4.87. The van der Waals surface area contributed by atoms with Crippen molar-refractivity contribution >= 4 is 29.2 Å². The number of hydrogen-bond acceptors (Lipinski definition) is 4. The number of nitrogens with one attached hydrogen (secondary N) is 1. The van der Waals surface area contributed by atoms with Gasteiger partial charge in [-0.25, -0.2) is 9.97 Å². The van der Waals surface area contributed by atoms with Crippen LogP contribution in [0.5, 0.6) is 0 Å². The summed E-state index contributed by atoms with van der Waals surface area (Å²) >= 11 is 7.56. The molecular weight excluding hydrogens is 254 g/mol. The van der Waals surface area contributed by atoms with E-state index in [0.717, 1.165) is 18.1 Å². The monoisotopic (exact) mass is 265 g/mol. The highest BCUT2D eigenvalue weighted by Crippen LogP contribution is 2.16. The van der Waals surface area contributed by atoms with Gasteiger partial charge in [0.2, 0.25) is 0 Å². The fourth-order valence-corrected chi connectivity index (χ4v) is 2.23. The van der Waals surface area contributed by atoms with Gasteiger partial charge in [0.05, 0.1) is 0 Å². The molecule has 0 aliphatic carbocycles. The summed E-state index contributed by atoms with van der Waals surface area (Å²) in [5.74, 6) is 1.74. The highest BCUT2D eigenvalue weighted by atomic mass is 35.5. The van der Waals surface area contributed by atoms with E-state index in [1.165, 1.54) is 11.2 Å². The smallest absolute Gasteiger partial charge is 0.134 e. The Labute approximate surface area is 110 Å². The topological polar surface area (TPSA) is 37.8 Å². The maximum atomic E-state index is 5.76. The second-order valence-electron chi connectivity index (χ2n) is 3.31. The third-order valence-electron chi connectivity index (χ3n) is 2.05. The van der Waals surface area contributed by atoms with Gasteiger partial charge in [-0.3, -0.25) is 0 Å². The van der Waals surface area contributed by atoms with E-state index >= 15 is 0 Å². The molecular formula is C12H12ClN3S. The van der Waals surface area contributed by atoms with E-state index in [1.54, 1.807) is 17.8 Å². The van der Waals surface area contributed by atoms with Crippen LogP contribution in [0.1, 0.15) is 0 Å². The number of rotatable bonds is 5. The average molecular weight is 266 g/mol. The first kappa shape index (κ1) is 12.2. The van der Waals surface area contributed by atoms with Crippen molar-refractivity contribution in [3.8, 4) is 0 Å². The number of aromatic nitrogens is 2. The normalized spacial score (nSPS) is 10.2. The molecule has 1 N–H and O–H groups in total. The molecule has 0 atom stereocenters. The zero-order valence-electron chi connectivity index (χ0n) is 9.14. The van der Waals surface area contributed by atoms with Crippen LogP contribution in [-0.2, 0) is 0 Å². The first-order valence-corrected chi connectivity index (χ1v) is 6.60. The highest BCUT2D eigenvalue weighted by molar-refractivity contribution is 7.99. The van der Waals surface area contributed by atoms with Crippen LogP contribution in [-0.4, -0.2) is 22.3 Å². The molecule has 0 radical (unpaired) electrons. The fraction of sp³-hybridized carbons (Fsp3) is 0.167. The van der Waals surface area contributed by atoms with Gasteiger partial charge in [-0.05, 0) is 12.1 Å². The molecule has 2 rings (SSSR count). The van der Waals surface area contributed by atoms with Crippen molar-refractivity contribution in [2.75, 3.05) is 17.6 Å². The number of thioether (sulfide) groups is 1. The van der Waals surface area contributed by atoms with Gasteiger partial charge in [0, 0.05) is 23.3 Å². The first-order chi connectivity index (χ1) is 8.34. The Morgan fingerprint density at radius 2 is 2.00 bits per heavy atom. The number of anilines is 1. The minimum Gasteiger partial charge on any atom is -0.369 e. The molecule has 0 saturated carbocycles. The molecule has 5 heteroatoms. The zero-order valence-corrected chi connectivity index (χ0v) is 10.7. The molecule has 0 aliphatic rings. The van der Waals surface area contributed by atoms with Crippen LogP contribution in [0, 0.1) is 0 Å². The van der Waals surface area contributed by atoms with E-state index in [4.69, 9.17) is 11.6 Å². The Bertz CT molecular complexity index is 464. The van der Waals surface area contributed by atoms with Crippen LogP contribution in [0.3, 0.4) is 0 Å². The Kier molecular flexibility index (Phi) is 4.64. The van der Waals surface area contributed by atoms with Crippen molar-refractivity contribution in [1.82, 2.24) is 9.97 Å². The van der Waals surface area contributed by atoms with Crippen molar-refractivity contribution in [1.29, 1.82) is 0 Å². The van der Waals surface area contributed by atoms with Crippen LogP contribution in [0.4, 0.5) is 5.82 Å². The predicted octanol–water partition coefficient (Wildman–Crippen LogP) is 3.33. The summed E-state index contributed by atoms with van der Waals surface area (Å²) in [5.41, 5.74) is 0. The molecule has 0 fully saturated rings. The molecule has 0 spiro atoms. The molecule has 2 aromatic rings. The van der Waals surface area contributed by atoms with E-state index in [2.05, 4.69) is 27.4 Å². The average Bonchev–Trinajstić information content (AvgIpc) is 2.36. The van der Waals surface area contributed by atoms with Crippen LogP contribution < -0.4 is 5.32 Å². The summed E-state index contributed by atoms with van der Waals surface area (Å²) < 4.78 is 0. The highest BCUT2D eigenvalue weighted by Gasteiger charge is 1.96. The fourth-order valence-electron chi connectivity index (χ4n) is 1.29. The zero-order chi connectivity index (χ0) is 11.9. The molecule has 1 heterocycles. The van der Waals surface area contributed by atoms with Crippen LogP contribution in [0.25, 0.3) is 0 Å². The van der Waals surface area contributed by atoms with Crippen LogP contribution in [0.15, 0.2) is 47.6 Å². The molecule has 0 amide bonds. The number of benzene rings is 1. The molecule has 88 valence electrons. The van der Waals surface area contributed by atoms with Crippen LogP contribution in [0.2, 0.25) is 5.15 Å². The third kappa shape index (κ3) is 4.24. The summed E-state index contributed by atoms with van der Waals surface area (Å²) in [5, 5.41) is 3.66. The maximum absolute atomic E-state index is 5.76. The van der Waals surface area contributed by atoms with Crippen molar-refractivity contribution in [2.45, 2.75) is 4.90 Å². The predicted molar refractivity (Wildman–Crippen MR) is 72.7 cm³/mol. The lowest BCUT2D eigenvalue weighted by Gasteiger charge is -2.05. The number of hydrogen-bond donors (Lipinski definition) is 1. The van der Waals surface area contributed by atoms with Crippen molar-refractivity contribution in [3.63, 3.8) is 0 Å². The molecule has 0 saturated heterocycles. The van der Waals surface area contributed by atoms with E-state index in [0.29, 0.717) is 5.15 Å². The Balaban J connectivity index is 1.73. The molecule has 17 heavy (non-hydrogen) atoms. The summed E-state index contributed by atoms with van der Waals surface area (Å²) in [6.07, 6.45) is 1.45. The molecule has 1 aromatic heterocycles. The summed E-state index contributed by atoms with van der Waals surface area (Å²) in [6, 6.07) is 12.0. The van der Waals surface area contributed by atoms with E-state index < -0.39 is 0 Å². The van der Waals surface area contributed by atoms with Gasteiger partial charge in [-0.15, -0.1) is 11.8 Å². The van der Waals surface area contributed by atoms with Crippen LogP contribution >= 0.6 is 23.4 Å². The van der Waals surface area contributed by atoms with Crippen molar-refractivity contribution in [3.05, 3.63) is 47.9 Å². The first-order valence-electron chi connectivity index (χ1n) is 5.24. The minimum absolute atomic E-state index is 0.457. The molecule has 0 unspecified atom stereocenters. The standard InChI is InChI=1S/C12H12ClN3S/c13-11-8-12(16-9-15-11)14-6-7-17-10-4-2-1-3-5-10/h1-5,8-9H,6-7H2,(H,14,15,16). The summed E-state index contributed by atoms with van der Waals surface area (Å²) in [7, 11) is 0. The quantitative estimate of drug-likeness (QED) is 0.511. The van der Waals surface area contributed by atoms with Crippen molar-refractivity contribution in [2.24, 2.45) is 0 Å². The van der Waals surface area contributed by atoms with Gasteiger partial charge in [0.1, 0.15) is 17.3 Å². The molecule has 0 aliphatic heterocycles. The van der Waals surface area contributed by atoms with Gasteiger partial charge in [-0.1, -0.05) is 29.8 Å². The Hall–Kier alpha value is -1.26. The molecule has 0 bridgehead atoms. The largest absolute Gasteiger partial charge is 0.369 e. The van der Waals surface area contributed by atoms with Crippen molar-refractivity contribution < 1.29 is 0 Å². The maximum Gasteiger partial charge on any atom is 0.134 e. The van der Waals surface area contributed by atoms with Gasteiger partial charge in [0.25, 0.3) is 0 Å². The van der Waals surface area contributed by atoms with Gasteiger partial charge in [0.15, 0.2) is 0 Å². The SMILES string of the molecule is Clc1cc(NCCSc2ccccc2)ncn1. The lowest BCUT2D eigenvalue weighted by molar-refractivity contribution is 1.12. The molecule has 3 nitrogen and oxygen atoms in total. The lowest BCUT2D eigenvalue weighted by atomic mass is 10.4. The number of nitrogens with zero attached hydrogens (tertiary/aromatic N) is 2.